The van der Waals surface area contributed by atoms with Crippen LogP contribution in [0.3, 0.4) is 0 Å². The van der Waals surface area contributed by atoms with Crippen molar-refractivity contribution in [3.63, 3.8) is 0 Å². The zero-order valence-corrected chi connectivity index (χ0v) is 14.4. The van der Waals surface area contributed by atoms with Crippen molar-refractivity contribution in [3.05, 3.63) is 64.1 Å². The van der Waals surface area contributed by atoms with Crippen molar-refractivity contribution in [1.29, 1.82) is 0 Å². The summed E-state index contributed by atoms with van der Waals surface area (Å²) < 4.78 is 7.00. The number of nitrogens with two attached hydrogens (primary N) is 1. The van der Waals surface area contributed by atoms with Crippen LogP contribution >= 0.6 is 0 Å². The van der Waals surface area contributed by atoms with E-state index in [1.807, 2.05) is 37.3 Å². The average molecular weight is 344 g/mol. The number of esters is 1. The molecule has 0 aliphatic carbocycles. The van der Waals surface area contributed by atoms with E-state index in [0.717, 1.165) is 18.4 Å². The van der Waals surface area contributed by atoms with Crippen molar-refractivity contribution in [2.24, 2.45) is 5.73 Å². The molecule has 1 aromatic carbocycles. The molecular weight excluding hydrogens is 320 g/mol. The minimum atomic E-state index is -0.768. The number of benzene rings is 1. The number of carbonyl (C=O) groups excluding carboxylic acids is 1. The van der Waals surface area contributed by atoms with Crippen LogP contribution in [0, 0.1) is 0 Å². The molecule has 0 fully saturated rings. The van der Waals surface area contributed by atoms with Gasteiger partial charge in [0.1, 0.15) is 12.6 Å². The van der Waals surface area contributed by atoms with Crippen molar-refractivity contribution in [1.82, 2.24) is 4.57 Å². The summed E-state index contributed by atoms with van der Waals surface area (Å²) in [6, 6.07) is 9.99. The van der Waals surface area contributed by atoms with Crippen molar-refractivity contribution in [2.75, 3.05) is 0 Å². The number of aromatic nitrogens is 1. The Labute approximate surface area is 146 Å². The van der Waals surface area contributed by atoms with Crippen LogP contribution in [0.1, 0.15) is 31.0 Å². The maximum Gasteiger partial charge on any atom is 0.323 e. The largest absolute Gasteiger partial charge is 0.503 e. The van der Waals surface area contributed by atoms with Crippen LogP contribution in [0.4, 0.5) is 0 Å². The number of carbonyl (C=O) groups is 1. The van der Waals surface area contributed by atoms with E-state index in [2.05, 4.69) is 0 Å². The highest BCUT2D eigenvalue weighted by molar-refractivity contribution is 5.75. The number of hydrogen-bond donors (Lipinski definition) is 2. The smallest absolute Gasteiger partial charge is 0.323 e. The summed E-state index contributed by atoms with van der Waals surface area (Å²) in [5.41, 5.74) is 6.90. The summed E-state index contributed by atoms with van der Waals surface area (Å²) >= 11 is 0. The van der Waals surface area contributed by atoms with Gasteiger partial charge >= 0.3 is 5.97 Å². The summed E-state index contributed by atoms with van der Waals surface area (Å²) in [5.74, 6) is -0.835. The number of rotatable bonds is 8. The molecule has 25 heavy (non-hydrogen) atoms. The Morgan fingerprint density at radius 3 is 2.72 bits per heavy atom. The van der Waals surface area contributed by atoms with E-state index >= 15 is 0 Å². The Kier molecular flexibility index (Phi) is 6.77. The minimum Gasteiger partial charge on any atom is -0.503 e. The van der Waals surface area contributed by atoms with Gasteiger partial charge in [0, 0.05) is 12.6 Å². The van der Waals surface area contributed by atoms with Crippen LogP contribution in [0.15, 0.2) is 47.4 Å². The number of nitrogens with zero attached hydrogens (tertiary/aromatic N) is 1. The van der Waals surface area contributed by atoms with E-state index in [4.69, 9.17) is 10.5 Å². The molecular formula is C19H24N2O4. The molecule has 2 aromatic rings. The van der Waals surface area contributed by atoms with Crippen molar-refractivity contribution in [2.45, 2.75) is 45.4 Å². The second-order valence-electron chi connectivity index (χ2n) is 5.97. The van der Waals surface area contributed by atoms with Crippen LogP contribution in [0.25, 0.3) is 0 Å². The highest BCUT2D eigenvalue weighted by Crippen LogP contribution is 2.10. The van der Waals surface area contributed by atoms with E-state index in [-0.39, 0.29) is 12.4 Å². The fraction of sp³-hybridized carbons (Fsp3) is 0.368. The monoisotopic (exact) mass is 344 g/mol. The summed E-state index contributed by atoms with van der Waals surface area (Å²) in [6.45, 7) is 2.62. The summed E-state index contributed by atoms with van der Waals surface area (Å²) in [6.07, 6.45) is 3.62. The van der Waals surface area contributed by atoms with Gasteiger partial charge in [-0.1, -0.05) is 43.7 Å². The van der Waals surface area contributed by atoms with Crippen LogP contribution in [0.5, 0.6) is 5.75 Å². The number of aryl methyl sites for hydroxylation is 1. The first-order valence-electron chi connectivity index (χ1n) is 8.39. The third kappa shape index (κ3) is 5.46. The third-order valence-electron chi connectivity index (χ3n) is 3.91. The lowest BCUT2D eigenvalue weighted by atomic mass is 10.1. The molecule has 134 valence electrons. The first-order valence-corrected chi connectivity index (χ1v) is 8.39. The molecule has 0 saturated heterocycles. The van der Waals surface area contributed by atoms with Gasteiger partial charge in [0.15, 0.2) is 5.75 Å². The summed E-state index contributed by atoms with van der Waals surface area (Å²) in [7, 11) is 0. The molecule has 0 spiro atoms. The molecule has 2 rings (SSSR count). The van der Waals surface area contributed by atoms with Gasteiger partial charge in [-0.25, -0.2) is 0 Å². The lowest BCUT2D eigenvalue weighted by Crippen LogP contribution is -2.34. The molecule has 1 heterocycles. The van der Waals surface area contributed by atoms with Crippen LogP contribution in [-0.4, -0.2) is 21.7 Å². The number of hydrogen-bond acceptors (Lipinski definition) is 5. The zero-order chi connectivity index (χ0) is 18.2. The lowest BCUT2D eigenvalue weighted by molar-refractivity contribution is -0.146. The molecule has 6 nitrogen and oxygen atoms in total. The predicted molar refractivity (Wildman–Crippen MR) is 95.2 cm³/mol. The summed E-state index contributed by atoms with van der Waals surface area (Å²) in [5, 5.41) is 9.59. The Hall–Kier alpha value is -2.60. The number of pyridine rings is 1. The van der Waals surface area contributed by atoms with Gasteiger partial charge in [0.2, 0.25) is 5.43 Å². The van der Waals surface area contributed by atoms with Crippen LogP contribution in [0.2, 0.25) is 0 Å². The fourth-order valence-electron chi connectivity index (χ4n) is 2.47. The molecule has 1 atom stereocenters. The third-order valence-corrected chi connectivity index (χ3v) is 3.91. The predicted octanol–water partition coefficient (Wildman–Crippen LogP) is 1.97. The second kappa shape index (κ2) is 9.03. The molecule has 6 heteroatoms. The van der Waals surface area contributed by atoms with Gasteiger partial charge in [-0.05, 0) is 18.4 Å². The van der Waals surface area contributed by atoms with Crippen molar-refractivity contribution < 1.29 is 14.6 Å². The molecule has 0 aliphatic heterocycles. The quantitative estimate of drug-likeness (QED) is 0.714. The van der Waals surface area contributed by atoms with Gasteiger partial charge in [0.05, 0.1) is 11.9 Å². The van der Waals surface area contributed by atoms with E-state index in [9.17, 15) is 14.7 Å². The van der Waals surface area contributed by atoms with E-state index < -0.39 is 17.4 Å². The highest BCUT2D eigenvalue weighted by Gasteiger charge is 2.17. The van der Waals surface area contributed by atoms with Gasteiger partial charge in [-0.15, -0.1) is 0 Å². The lowest BCUT2D eigenvalue weighted by Gasteiger charge is -2.15. The standard InChI is InChI=1S/C19H24N2O4/c1-2-3-9-21-12-18(23)17(22)11-15(21)13-25-19(24)16(20)10-14-7-5-4-6-8-14/h4-8,11-12,16,23H,2-3,9-10,13,20H2,1H3/t16-/m0/s1. The minimum absolute atomic E-state index is 0.0550. The van der Waals surface area contributed by atoms with Gasteiger partial charge < -0.3 is 20.1 Å². The Bertz CT molecular complexity index is 756. The van der Waals surface area contributed by atoms with Gasteiger partial charge in [0.25, 0.3) is 0 Å². The van der Waals surface area contributed by atoms with E-state index in [1.54, 1.807) is 4.57 Å². The molecule has 0 bridgehead atoms. The highest BCUT2D eigenvalue weighted by atomic mass is 16.5. The Morgan fingerprint density at radius 1 is 1.32 bits per heavy atom. The van der Waals surface area contributed by atoms with Gasteiger partial charge in [-0.2, -0.15) is 0 Å². The molecule has 3 N–H and O–H groups in total. The molecule has 0 unspecified atom stereocenters. The number of unbranched alkanes of at least 4 members (excludes halogenated alkanes) is 1. The number of ether oxygens (including phenoxy) is 1. The first-order chi connectivity index (χ1) is 12.0. The molecule has 0 saturated carbocycles. The topological polar surface area (TPSA) is 94.5 Å². The average Bonchev–Trinajstić information content (AvgIpc) is 2.61. The zero-order valence-electron chi connectivity index (χ0n) is 14.4. The normalized spacial score (nSPS) is 11.9. The van der Waals surface area contributed by atoms with Crippen LogP contribution in [-0.2, 0) is 29.1 Å². The van der Waals surface area contributed by atoms with Crippen molar-refractivity contribution in [3.8, 4) is 5.75 Å². The Balaban J connectivity index is 2.00. The van der Waals surface area contributed by atoms with E-state index in [1.165, 1.54) is 12.3 Å². The SMILES string of the molecule is CCCCn1cc(O)c(=O)cc1COC(=O)[C@@H](N)Cc1ccccc1. The maximum absolute atomic E-state index is 12.1. The van der Waals surface area contributed by atoms with Crippen molar-refractivity contribution >= 4 is 5.97 Å². The molecule has 0 aliphatic rings. The second-order valence-corrected chi connectivity index (χ2v) is 5.97. The maximum atomic E-state index is 12.1. The fourth-order valence-corrected chi connectivity index (χ4v) is 2.47. The molecule has 1 aromatic heterocycles. The van der Waals surface area contributed by atoms with Gasteiger partial charge in [-0.3, -0.25) is 9.59 Å². The first kappa shape index (κ1) is 18.7. The Morgan fingerprint density at radius 2 is 2.04 bits per heavy atom. The molecule has 0 radical (unpaired) electrons. The number of aromatic hydroxyl groups is 1. The molecule has 0 amide bonds. The summed E-state index contributed by atoms with van der Waals surface area (Å²) in [4.78, 5) is 23.8. The van der Waals surface area contributed by atoms with Crippen LogP contribution < -0.4 is 11.2 Å². The van der Waals surface area contributed by atoms with E-state index in [0.29, 0.717) is 18.7 Å².